The average molecular weight is 529 g/mol. The molecule has 3 aromatic rings. The Bertz CT molecular complexity index is 1300. The minimum absolute atomic E-state index is 0.0987. The van der Waals surface area contributed by atoms with Gasteiger partial charge in [-0.05, 0) is 47.6 Å². The second-order valence-electron chi connectivity index (χ2n) is 9.98. The molecule has 2 N–H and O–H groups in total. The standard InChI is InChI=1S/C31H32N2O6/c1-20(38-18-21-10-3-2-4-11-21)28(29(34)33-17-9-16-27(33)30(35)36)32-31(37)39-19-26-24-14-7-5-12-22(24)23-13-6-8-15-25(23)26/h2-8,10-15,20,26-28H,9,16-19H2,1H3,(H,32,37)(H,35,36)/t20?,27-,28?/m1/s1. The second-order valence-corrected chi connectivity index (χ2v) is 9.98. The Morgan fingerprint density at radius 3 is 2.21 bits per heavy atom. The van der Waals surface area contributed by atoms with E-state index < -0.39 is 36.2 Å². The van der Waals surface area contributed by atoms with E-state index >= 15 is 0 Å². The van der Waals surface area contributed by atoms with Gasteiger partial charge in [0.05, 0.1) is 12.7 Å². The molecule has 3 atom stereocenters. The highest BCUT2D eigenvalue weighted by molar-refractivity contribution is 5.90. The molecular formula is C31H32N2O6. The molecular weight excluding hydrogens is 496 g/mol. The van der Waals surface area contributed by atoms with Gasteiger partial charge in [-0.25, -0.2) is 9.59 Å². The fraction of sp³-hybridized carbons (Fsp3) is 0.323. The molecule has 0 saturated carbocycles. The summed E-state index contributed by atoms with van der Waals surface area (Å²) in [5, 5.41) is 12.3. The van der Waals surface area contributed by atoms with Crippen LogP contribution in [0.2, 0.25) is 0 Å². The molecule has 202 valence electrons. The van der Waals surface area contributed by atoms with Gasteiger partial charge in [-0.2, -0.15) is 0 Å². The number of carboxylic acids is 1. The van der Waals surface area contributed by atoms with Crippen LogP contribution in [0.4, 0.5) is 4.79 Å². The first-order chi connectivity index (χ1) is 18.9. The molecule has 3 aromatic carbocycles. The maximum Gasteiger partial charge on any atom is 0.407 e. The number of carboxylic acid groups (broad SMARTS) is 1. The summed E-state index contributed by atoms with van der Waals surface area (Å²) >= 11 is 0. The van der Waals surface area contributed by atoms with Crippen molar-refractivity contribution in [1.82, 2.24) is 10.2 Å². The summed E-state index contributed by atoms with van der Waals surface area (Å²) in [6.07, 6.45) is -0.526. The monoisotopic (exact) mass is 528 g/mol. The topological polar surface area (TPSA) is 105 Å². The van der Waals surface area contributed by atoms with Crippen LogP contribution < -0.4 is 5.32 Å². The number of rotatable bonds is 9. The summed E-state index contributed by atoms with van der Waals surface area (Å²) < 4.78 is 11.7. The minimum Gasteiger partial charge on any atom is -0.480 e. The molecule has 8 heteroatoms. The van der Waals surface area contributed by atoms with Crippen LogP contribution >= 0.6 is 0 Å². The van der Waals surface area contributed by atoms with Gasteiger partial charge in [0, 0.05) is 12.5 Å². The fourth-order valence-corrected chi connectivity index (χ4v) is 5.51. The third kappa shape index (κ3) is 5.66. The van der Waals surface area contributed by atoms with E-state index in [4.69, 9.17) is 9.47 Å². The van der Waals surface area contributed by atoms with E-state index in [-0.39, 0.29) is 19.1 Å². The van der Waals surface area contributed by atoms with Gasteiger partial charge < -0.3 is 24.8 Å². The lowest BCUT2D eigenvalue weighted by molar-refractivity contribution is -0.150. The second kappa shape index (κ2) is 11.7. The molecule has 39 heavy (non-hydrogen) atoms. The van der Waals surface area contributed by atoms with Gasteiger partial charge in [-0.15, -0.1) is 0 Å². The van der Waals surface area contributed by atoms with Crippen LogP contribution in [0, 0.1) is 0 Å². The Balaban J connectivity index is 1.29. The smallest absolute Gasteiger partial charge is 0.407 e. The zero-order chi connectivity index (χ0) is 27.4. The molecule has 1 fully saturated rings. The Hall–Kier alpha value is -4.17. The number of hydrogen-bond acceptors (Lipinski definition) is 5. The fourth-order valence-electron chi connectivity index (χ4n) is 5.51. The average Bonchev–Trinajstić information content (AvgIpc) is 3.57. The lowest BCUT2D eigenvalue weighted by Crippen LogP contribution is -2.56. The van der Waals surface area contributed by atoms with Crippen LogP contribution in [0.3, 0.4) is 0 Å². The maximum absolute atomic E-state index is 13.5. The minimum atomic E-state index is -1.11. The number of aliphatic carboxylic acids is 1. The Morgan fingerprint density at radius 1 is 0.949 bits per heavy atom. The zero-order valence-corrected chi connectivity index (χ0v) is 21.8. The molecule has 0 spiro atoms. The molecule has 0 radical (unpaired) electrons. The summed E-state index contributed by atoms with van der Waals surface area (Å²) in [4.78, 5) is 39.7. The molecule has 2 unspecified atom stereocenters. The van der Waals surface area contributed by atoms with E-state index in [1.54, 1.807) is 6.92 Å². The first-order valence-corrected chi connectivity index (χ1v) is 13.2. The van der Waals surface area contributed by atoms with Crippen LogP contribution in [-0.2, 0) is 25.7 Å². The molecule has 1 heterocycles. The maximum atomic E-state index is 13.5. The van der Waals surface area contributed by atoms with Gasteiger partial charge in [0.1, 0.15) is 18.7 Å². The lowest BCUT2D eigenvalue weighted by atomic mass is 9.98. The van der Waals surface area contributed by atoms with E-state index in [1.807, 2.05) is 66.7 Å². The summed E-state index contributed by atoms with van der Waals surface area (Å²) in [7, 11) is 0. The van der Waals surface area contributed by atoms with Crippen LogP contribution in [0.5, 0.6) is 0 Å². The van der Waals surface area contributed by atoms with Crippen molar-refractivity contribution in [2.75, 3.05) is 13.2 Å². The lowest BCUT2D eigenvalue weighted by Gasteiger charge is -2.30. The van der Waals surface area contributed by atoms with Crippen molar-refractivity contribution in [3.8, 4) is 11.1 Å². The molecule has 2 amide bonds. The summed E-state index contributed by atoms with van der Waals surface area (Å²) in [6, 6.07) is 23.6. The number of amides is 2. The Labute approximate surface area is 227 Å². The normalized spacial score (nSPS) is 17.7. The predicted octanol–water partition coefficient (Wildman–Crippen LogP) is 4.57. The quantitative estimate of drug-likeness (QED) is 0.422. The number of nitrogens with one attached hydrogen (secondary N) is 1. The van der Waals surface area contributed by atoms with E-state index in [1.165, 1.54) is 4.90 Å². The third-order valence-electron chi connectivity index (χ3n) is 7.53. The molecule has 8 nitrogen and oxygen atoms in total. The number of carbonyl (C=O) groups excluding carboxylic acids is 2. The van der Waals surface area contributed by atoms with E-state index in [2.05, 4.69) is 17.4 Å². The van der Waals surface area contributed by atoms with Crippen LogP contribution in [0.25, 0.3) is 11.1 Å². The largest absolute Gasteiger partial charge is 0.480 e. The van der Waals surface area contributed by atoms with Gasteiger partial charge in [0.15, 0.2) is 0 Å². The van der Waals surface area contributed by atoms with Gasteiger partial charge >= 0.3 is 12.1 Å². The number of alkyl carbamates (subject to hydrolysis) is 1. The van der Waals surface area contributed by atoms with Gasteiger partial charge in [0.2, 0.25) is 5.91 Å². The summed E-state index contributed by atoms with van der Waals surface area (Å²) in [5.41, 5.74) is 5.32. The zero-order valence-electron chi connectivity index (χ0n) is 21.8. The first-order valence-electron chi connectivity index (χ1n) is 13.2. The van der Waals surface area contributed by atoms with E-state index in [0.29, 0.717) is 19.4 Å². The Kier molecular flexibility index (Phi) is 7.93. The van der Waals surface area contributed by atoms with Crippen LogP contribution in [0.15, 0.2) is 78.9 Å². The number of likely N-dealkylation sites (tertiary alicyclic amines) is 1. The molecule has 1 saturated heterocycles. The highest BCUT2D eigenvalue weighted by atomic mass is 16.5. The van der Waals surface area contributed by atoms with Crippen molar-refractivity contribution >= 4 is 18.0 Å². The number of hydrogen-bond donors (Lipinski definition) is 2. The van der Waals surface area contributed by atoms with Gasteiger partial charge in [-0.3, -0.25) is 4.79 Å². The van der Waals surface area contributed by atoms with E-state index in [0.717, 1.165) is 27.8 Å². The van der Waals surface area contributed by atoms with Crippen molar-refractivity contribution in [2.45, 2.75) is 50.5 Å². The molecule has 1 aliphatic carbocycles. The van der Waals surface area contributed by atoms with Crippen molar-refractivity contribution in [3.05, 3.63) is 95.6 Å². The third-order valence-corrected chi connectivity index (χ3v) is 7.53. The number of benzene rings is 3. The number of carbonyl (C=O) groups is 3. The summed E-state index contributed by atoms with van der Waals surface area (Å²) in [5.74, 6) is -1.67. The molecule has 0 bridgehead atoms. The van der Waals surface area contributed by atoms with E-state index in [9.17, 15) is 19.5 Å². The van der Waals surface area contributed by atoms with Crippen molar-refractivity contribution in [1.29, 1.82) is 0 Å². The summed E-state index contributed by atoms with van der Waals surface area (Å²) in [6.45, 7) is 2.34. The molecule has 2 aliphatic rings. The van der Waals surface area contributed by atoms with Gasteiger partial charge in [-0.1, -0.05) is 78.9 Å². The highest BCUT2D eigenvalue weighted by Gasteiger charge is 2.40. The molecule has 5 rings (SSSR count). The number of ether oxygens (including phenoxy) is 2. The predicted molar refractivity (Wildman–Crippen MR) is 145 cm³/mol. The van der Waals surface area contributed by atoms with Crippen molar-refractivity contribution in [3.63, 3.8) is 0 Å². The molecule has 1 aliphatic heterocycles. The number of fused-ring (bicyclic) bond motifs is 3. The Morgan fingerprint density at radius 2 is 1.56 bits per heavy atom. The molecule has 0 aromatic heterocycles. The van der Waals surface area contributed by atoms with Crippen molar-refractivity contribution < 1.29 is 29.0 Å². The number of nitrogens with zero attached hydrogens (tertiary/aromatic N) is 1. The van der Waals surface area contributed by atoms with Gasteiger partial charge in [0.25, 0.3) is 0 Å². The van der Waals surface area contributed by atoms with Crippen LogP contribution in [-0.4, -0.2) is 59.3 Å². The SMILES string of the molecule is CC(OCc1ccccc1)C(NC(=O)OCC1c2ccccc2-c2ccccc21)C(=O)N1CCC[C@@H]1C(=O)O. The highest BCUT2D eigenvalue weighted by Crippen LogP contribution is 2.44. The van der Waals surface area contributed by atoms with Crippen LogP contribution in [0.1, 0.15) is 42.4 Å². The first kappa shape index (κ1) is 26.4. The van der Waals surface area contributed by atoms with Crippen molar-refractivity contribution in [2.24, 2.45) is 0 Å².